The number of hydrogen-bond acceptors (Lipinski definition) is 0. The maximum absolute atomic E-state index is 5.48. The molecule has 0 radical (unpaired) electrons. The van der Waals surface area contributed by atoms with Crippen LogP contribution in [0.15, 0.2) is 61.4 Å². The van der Waals surface area contributed by atoms with E-state index in [1.807, 2.05) is 27.7 Å². The van der Waals surface area contributed by atoms with Crippen molar-refractivity contribution in [2.45, 2.75) is 88.0 Å². The zero-order valence-corrected chi connectivity index (χ0v) is 23.1. The lowest BCUT2D eigenvalue weighted by Gasteiger charge is -2.09. The zero-order chi connectivity index (χ0) is 26.7. The Kier molecular flexibility index (Phi) is 33.0. The van der Waals surface area contributed by atoms with E-state index in [-0.39, 0.29) is 0 Å². The van der Waals surface area contributed by atoms with Crippen molar-refractivity contribution >= 4 is 0 Å². The first-order chi connectivity index (χ1) is 15.9. The van der Waals surface area contributed by atoms with Gasteiger partial charge < -0.3 is 0 Å². The summed E-state index contributed by atoms with van der Waals surface area (Å²) >= 11 is 0. The van der Waals surface area contributed by atoms with E-state index in [1.165, 1.54) is 41.5 Å². The van der Waals surface area contributed by atoms with Crippen molar-refractivity contribution in [2.75, 3.05) is 0 Å². The standard InChI is InChI=1S/C13H16.C11H16.C3H4.2C2H6.C2H2/c1-5-13-11(4)7-6-8-12(13)9-10(2)3;1-3-4-5-11-8-6-10(2)7-9-11;1-3-2;3*1-2/h1,6-8,10H,9H2,2-4H3;6-9H,3-5H2,1-2H3;1-2H2;2*1-2H3;1-2H. The molecule has 0 fully saturated rings. The molecule has 0 unspecified atom stereocenters. The van der Waals surface area contributed by atoms with E-state index in [1.54, 1.807) is 0 Å². The van der Waals surface area contributed by atoms with Crippen LogP contribution in [-0.2, 0) is 12.8 Å². The first-order valence-corrected chi connectivity index (χ1v) is 12.1. The molecule has 0 heterocycles. The van der Waals surface area contributed by atoms with Gasteiger partial charge in [0.25, 0.3) is 0 Å². The summed E-state index contributed by atoms with van der Waals surface area (Å²) in [6, 6.07) is 15.1. The van der Waals surface area contributed by atoms with E-state index in [0.29, 0.717) is 5.92 Å². The van der Waals surface area contributed by atoms with Gasteiger partial charge in [-0.05, 0) is 55.7 Å². The summed E-state index contributed by atoms with van der Waals surface area (Å²) in [4.78, 5) is 0. The number of aryl methyl sites for hydroxylation is 3. The largest absolute Gasteiger partial charge is 0.137 e. The van der Waals surface area contributed by atoms with Gasteiger partial charge in [0.1, 0.15) is 0 Å². The van der Waals surface area contributed by atoms with Gasteiger partial charge >= 0.3 is 0 Å². The topological polar surface area (TPSA) is 0 Å². The second kappa shape index (κ2) is 29.1. The Balaban J connectivity index is -0.000000190. The molecule has 0 heteroatoms. The highest BCUT2D eigenvalue weighted by Crippen LogP contribution is 2.16. The highest BCUT2D eigenvalue weighted by atomic mass is 14.1. The zero-order valence-electron chi connectivity index (χ0n) is 23.1. The molecule has 33 heavy (non-hydrogen) atoms. The number of terminal acetylenes is 2. The van der Waals surface area contributed by atoms with E-state index in [0.717, 1.165) is 12.0 Å². The third kappa shape index (κ3) is 22.1. The van der Waals surface area contributed by atoms with Crippen LogP contribution in [0.4, 0.5) is 0 Å². The lowest BCUT2D eigenvalue weighted by molar-refractivity contribution is 0.646. The molecule has 2 rings (SSSR count). The molecule has 0 aliphatic carbocycles. The van der Waals surface area contributed by atoms with Crippen LogP contribution in [0.2, 0.25) is 0 Å². The summed E-state index contributed by atoms with van der Waals surface area (Å²) in [7, 11) is 0. The second-order valence-corrected chi connectivity index (χ2v) is 7.19. The van der Waals surface area contributed by atoms with Crippen molar-refractivity contribution in [3.63, 3.8) is 0 Å². The quantitative estimate of drug-likeness (QED) is 0.316. The fourth-order valence-corrected chi connectivity index (χ4v) is 2.68. The van der Waals surface area contributed by atoms with Crippen LogP contribution in [0.25, 0.3) is 0 Å². The second-order valence-electron chi connectivity index (χ2n) is 7.19. The summed E-state index contributed by atoms with van der Waals surface area (Å²) in [6.45, 7) is 25.1. The minimum absolute atomic E-state index is 0.661. The van der Waals surface area contributed by atoms with Crippen molar-refractivity contribution in [2.24, 2.45) is 5.92 Å². The summed E-state index contributed by atoms with van der Waals surface area (Å²) in [5, 5.41) is 0. The van der Waals surface area contributed by atoms with Gasteiger partial charge in [0.15, 0.2) is 0 Å². The summed E-state index contributed by atoms with van der Waals surface area (Å²) < 4.78 is 0. The fourth-order valence-electron chi connectivity index (χ4n) is 2.68. The monoisotopic (exact) mass is 446 g/mol. The van der Waals surface area contributed by atoms with Crippen LogP contribution in [0, 0.1) is 45.0 Å². The Hall–Kier alpha value is -2.92. The molecule has 2 aromatic carbocycles. The average Bonchev–Trinajstić information content (AvgIpc) is 2.83. The molecule has 0 aliphatic heterocycles. The molecule has 0 spiro atoms. The first-order valence-electron chi connectivity index (χ1n) is 12.1. The highest BCUT2D eigenvalue weighted by Gasteiger charge is 2.04. The normalized spacial score (nSPS) is 7.97. The number of rotatable bonds is 5. The molecule has 0 aromatic heterocycles. The van der Waals surface area contributed by atoms with Crippen molar-refractivity contribution < 1.29 is 0 Å². The Bertz CT molecular complexity index is 758. The van der Waals surface area contributed by atoms with Crippen molar-refractivity contribution in [1.29, 1.82) is 0 Å². The van der Waals surface area contributed by atoms with E-state index >= 15 is 0 Å². The lowest BCUT2D eigenvalue weighted by atomic mass is 9.95. The SMILES string of the molecule is C#C.C#Cc1c(C)cccc1CC(C)C.C=C=C.CC.CC.CCCCc1ccc(C)cc1. The van der Waals surface area contributed by atoms with Gasteiger partial charge in [-0.25, -0.2) is 0 Å². The maximum Gasteiger partial charge on any atom is 0.0303 e. The molecule has 0 saturated carbocycles. The van der Waals surface area contributed by atoms with Crippen LogP contribution in [0.3, 0.4) is 0 Å². The van der Waals surface area contributed by atoms with Crippen LogP contribution < -0.4 is 0 Å². The van der Waals surface area contributed by atoms with Gasteiger partial charge in [0.2, 0.25) is 0 Å². The van der Waals surface area contributed by atoms with Crippen LogP contribution in [0.1, 0.15) is 89.1 Å². The number of hydrogen-bond donors (Lipinski definition) is 0. The highest BCUT2D eigenvalue weighted by molar-refractivity contribution is 5.45. The summed E-state index contributed by atoms with van der Waals surface area (Å²) in [5.41, 5.74) is 8.66. The summed E-state index contributed by atoms with van der Waals surface area (Å²) in [5.74, 6) is 3.43. The third-order valence-electron chi connectivity index (χ3n) is 4.07. The molecule has 2 aromatic rings. The van der Waals surface area contributed by atoms with Crippen LogP contribution in [0.5, 0.6) is 0 Å². The van der Waals surface area contributed by atoms with Crippen molar-refractivity contribution in [3.05, 3.63) is 89.2 Å². The number of unbranched alkanes of at least 4 members (excludes halogenated alkanes) is 1. The first kappa shape index (κ1) is 37.4. The Morgan fingerprint density at radius 2 is 1.36 bits per heavy atom. The summed E-state index contributed by atoms with van der Waals surface area (Å²) in [6.07, 6.45) is 18.4. The molecule has 0 atom stereocenters. The van der Waals surface area contributed by atoms with Crippen LogP contribution >= 0.6 is 0 Å². The van der Waals surface area contributed by atoms with Gasteiger partial charge in [-0.15, -0.1) is 25.0 Å². The third-order valence-corrected chi connectivity index (χ3v) is 4.07. The molecule has 0 N–H and O–H groups in total. The van der Waals surface area contributed by atoms with E-state index < -0.39 is 0 Å². The van der Waals surface area contributed by atoms with Gasteiger partial charge in [-0.3, -0.25) is 0 Å². The molecule has 182 valence electrons. The van der Waals surface area contributed by atoms with Gasteiger partial charge in [-0.1, -0.05) is 122 Å². The van der Waals surface area contributed by atoms with Gasteiger partial charge in [0.05, 0.1) is 0 Å². The van der Waals surface area contributed by atoms with Crippen molar-refractivity contribution in [3.8, 4) is 25.2 Å². The average molecular weight is 447 g/mol. The molecule has 0 amide bonds. The van der Waals surface area contributed by atoms with Crippen LogP contribution in [-0.4, -0.2) is 0 Å². The fraction of sp³-hybridized carbons (Fsp3) is 0.424. The Morgan fingerprint density at radius 3 is 1.76 bits per heavy atom. The molecular formula is C33H50. The minimum atomic E-state index is 0.661. The minimum Gasteiger partial charge on any atom is -0.137 e. The van der Waals surface area contributed by atoms with Gasteiger partial charge in [0, 0.05) is 5.56 Å². The predicted octanol–water partition coefficient (Wildman–Crippen LogP) is 9.77. The molecule has 0 aliphatic rings. The van der Waals surface area contributed by atoms with E-state index in [4.69, 9.17) is 6.42 Å². The van der Waals surface area contributed by atoms with E-state index in [2.05, 4.69) is 115 Å². The molecule has 0 bridgehead atoms. The van der Waals surface area contributed by atoms with E-state index in [9.17, 15) is 0 Å². The Morgan fingerprint density at radius 1 is 0.879 bits per heavy atom. The smallest absolute Gasteiger partial charge is 0.0303 e. The van der Waals surface area contributed by atoms with Gasteiger partial charge in [-0.2, -0.15) is 0 Å². The number of benzene rings is 2. The van der Waals surface area contributed by atoms with Crippen molar-refractivity contribution in [1.82, 2.24) is 0 Å². The Labute approximate surface area is 208 Å². The molecule has 0 saturated heterocycles. The maximum atomic E-state index is 5.48. The predicted molar refractivity (Wildman–Crippen MR) is 155 cm³/mol. The molecular weight excluding hydrogens is 396 g/mol. The molecule has 0 nitrogen and oxygen atoms in total. The lowest BCUT2D eigenvalue weighted by Crippen LogP contribution is -1.98.